The average Bonchev–Trinajstić information content (AvgIpc) is 2.40. The van der Waals surface area contributed by atoms with Gasteiger partial charge in [-0.25, -0.2) is 4.39 Å². The van der Waals surface area contributed by atoms with Crippen LogP contribution in [-0.2, 0) is 0 Å². The first-order valence-corrected chi connectivity index (χ1v) is 7.54. The Bertz CT molecular complexity index is 604. The van der Waals surface area contributed by atoms with Crippen molar-refractivity contribution in [3.05, 3.63) is 62.8 Å². The van der Waals surface area contributed by atoms with Gasteiger partial charge in [0.1, 0.15) is 11.6 Å². The summed E-state index contributed by atoms with van der Waals surface area (Å²) < 4.78 is 19.3. The van der Waals surface area contributed by atoms with E-state index in [9.17, 15) is 4.39 Å². The van der Waals surface area contributed by atoms with Crippen LogP contribution in [0.3, 0.4) is 0 Å². The number of hydrogen-bond acceptors (Lipinski definition) is 1. The predicted molar refractivity (Wildman–Crippen MR) is 82.9 cm³/mol. The fraction of sp³-hybridized carbons (Fsp3) is 0.143. The Kier molecular flexibility index (Phi) is 4.87. The maximum absolute atomic E-state index is 13.3. The molecule has 0 bridgehead atoms. The third kappa shape index (κ3) is 3.30. The van der Waals surface area contributed by atoms with Gasteiger partial charge in [-0.2, -0.15) is 0 Å². The summed E-state index contributed by atoms with van der Waals surface area (Å²) in [5, 5.41) is 0.525. The van der Waals surface area contributed by atoms with Crippen LogP contribution in [0.25, 0.3) is 0 Å². The average molecular weight is 408 g/mol. The summed E-state index contributed by atoms with van der Waals surface area (Å²) in [5.41, 5.74) is 1.73. The summed E-state index contributed by atoms with van der Waals surface area (Å²) in [5.74, 6) is 0.339. The van der Waals surface area contributed by atoms with E-state index in [4.69, 9.17) is 16.3 Å². The molecule has 0 radical (unpaired) electrons. The Balaban J connectivity index is 2.41. The maximum Gasteiger partial charge on any atom is 0.137 e. The lowest BCUT2D eigenvalue weighted by Crippen LogP contribution is -1.96. The highest BCUT2D eigenvalue weighted by Gasteiger charge is 2.16. The third-order valence-electron chi connectivity index (χ3n) is 2.70. The lowest BCUT2D eigenvalue weighted by atomic mass is 10.0. The molecule has 0 aliphatic rings. The van der Waals surface area contributed by atoms with Crippen molar-refractivity contribution >= 4 is 43.5 Å². The smallest absolute Gasteiger partial charge is 0.137 e. The van der Waals surface area contributed by atoms with Gasteiger partial charge in [0.15, 0.2) is 0 Å². The topological polar surface area (TPSA) is 9.23 Å². The second kappa shape index (κ2) is 6.25. The molecule has 2 aromatic carbocycles. The molecule has 2 aromatic rings. The van der Waals surface area contributed by atoms with Gasteiger partial charge in [-0.3, -0.25) is 0 Å². The molecule has 0 N–H and O–H groups in total. The van der Waals surface area contributed by atoms with E-state index in [1.165, 1.54) is 12.1 Å². The van der Waals surface area contributed by atoms with Gasteiger partial charge in [-0.1, -0.05) is 49.5 Å². The van der Waals surface area contributed by atoms with E-state index in [0.29, 0.717) is 10.8 Å². The molecule has 100 valence electrons. The lowest BCUT2D eigenvalue weighted by molar-refractivity contribution is 0.415. The van der Waals surface area contributed by atoms with Crippen LogP contribution in [0.15, 0.2) is 40.9 Å². The van der Waals surface area contributed by atoms with Gasteiger partial charge in [0.2, 0.25) is 0 Å². The second-order valence-corrected chi connectivity index (χ2v) is 6.10. The van der Waals surface area contributed by atoms with Crippen molar-refractivity contribution in [3.8, 4) is 5.75 Å². The van der Waals surface area contributed by atoms with Crippen LogP contribution in [-0.4, -0.2) is 7.11 Å². The van der Waals surface area contributed by atoms with Crippen molar-refractivity contribution in [2.45, 2.75) is 4.83 Å². The number of hydrogen-bond donors (Lipinski definition) is 0. The van der Waals surface area contributed by atoms with E-state index in [0.717, 1.165) is 15.6 Å². The number of halogens is 4. The lowest BCUT2D eigenvalue weighted by Gasteiger charge is -2.14. The van der Waals surface area contributed by atoms with E-state index < -0.39 is 0 Å². The molecule has 1 unspecified atom stereocenters. The highest BCUT2D eigenvalue weighted by Crippen LogP contribution is 2.38. The van der Waals surface area contributed by atoms with E-state index in [1.54, 1.807) is 25.3 Å². The monoisotopic (exact) mass is 406 g/mol. The highest BCUT2D eigenvalue weighted by atomic mass is 79.9. The van der Waals surface area contributed by atoms with Crippen LogP contribution in [0.4, 0.5) is 4.39 Å². The molecule has 0 fully saturated rings. The summed E-state index contributed by atoms with van der Waals surface area (Å²) >= 11 is 13.1. The zero-order chi connectivity index (χ0) is 14.0. The molecule has 0 aromatic heterocycles. The van der Waals surface area contributed by atoms with E-state index in [1.807, 2.05) is 6.07 Å². The van der Waals surface area contributed by atoms with Gasteiger partial charge >= 0.3 is 0 Å². The maximum atomic E-state index is 13.3. The molecule has 19 heavy (non-hydrogen) atoms. The van der Waals surface area contributed by atoms with Crippen molar-refractivity contribution in [2.24, 2.45) is 0 Å². The van der Waals surface area contributed by atoms with Crippen molar-refractivity contribution in [1.82, 2.24) is 0 Å². The molecule has 0 saturated heterocycles. The number of benzene rings is 2. The summed E-state index contributed by atoms with van der Waals surface area (Å²) in [7, 11) is 1.57. The molecule has 5 heteroatoms. The highest BCUT2D eigenvalue weighted by molar-refractivity contribution is 9.11. The summed E-state index contributed by atoms with van der Waals surface area (Å²) in [6, 6.07) is 10.1. The number of ether oxygens (including phenoxy) is 1. The third-order valence-corrected chi connectivity index (χ3v) is 4.74. The fourth-order valence-electron chi connectivity index (χ4n) is 1.73. The number of rotatable bonds is 3. The van der Waals surface area contributed by atoms with Gasteiger partial charge in [0, 0.05) is 4.47 Å². The molecule has 2 rings (SSSR count). The first-order chi connectivity index (χ1) is 9.02. The zero-order valence-electron chi connectivity index (χ0n) is 9.96. The molecular formula is C14H10Br2ClFO. The molecule has 0 aliphatic carbocycles. The van der Waals surface area contributed by atoms with Crippen LogP contribution < -0.4 is 4.74 Å². The van der Waals surface area contributed by atoms with Gasteiger partial charge in [-0.05, 0) is 41.5 Å². The van der Waals surface area contributed by atoms with Crippen molar-refractivity contribution in [1.29, 1.82) is 0 Å². The van der Waals surface area contributed by atoms with E-state index >= 15 is 0 Å². The normalized spacial score (nSPS) is 12.3. The van der Waals surface area contributed by atoms with Crippen LogP contribution in [0.2, 0.25) is 5.02 Å². The molecule has 1 nitrogen and oxygen atoms in total. The first kappa shape index (κ1) is 14.8. The SMILES string of the molecule is COc1ccc(C(Br)c2cc(F)ccc2Br)cc1Cl. The second-order valence-electron chi connectivity index (χ2n) is 3.92. The molecule has 0 saturated carbocycles. The number of alkyl halides is 1. The summed E-state index contributed by atoms with van der Waals surface area (Å²) in [4.78, 5) is -0.152. The summed E-state index contributed by atoms with van der Waals surface area (Å²) in [6.07, 6.45) is 0. The Labute approximate surface area is 133 Å². The molecular weight excluding hydrogens is 398 g/mol. The molecule has 0 heterocycles. The van der Waals surface area contributed by atoms with Crippen LogP contribution >= 0.6 is 43.5 Å². The predicted octanol–water partition coefficient (Wildman–Crippen LogP) is 5.73. The van der Waals surface area contributed by atoms with Gasteiger partial charge < -0.3 is 4.74 Å². The largest absolute Gasteiger partial charge is 0.495 e. The minimum atomic E-state index is -0.276. The molecule has 1 atom stereocenters. The van der Waals surface area contributed by atoms with Gasteiger partial charge in [-0.15, -0.1) is 0 Å². The fourth-order valence-corrected chi connectivity index (χ4v) is 3.44. The molecule has 0 spiro atoms. The van der Waals surface area contributed by atoms with Crippen LogP contribution in [0.1, 0.15) is 16.0 Å². The van der Waals surface area contributed by atoms with Crippen molar-refractivity contribution in [2.75, 3.05) is 7.11 Å². The summed E-state index contributed by atoms with van der Waals surface area (Å²) in [6.45, 7) is 0. The number of methoxy groups -OCH3 is 1. The van der Waals surface area contributed by atoms with Crippen LogP contribution in [0.5, 0.6) is 5.75 Å². The van der Waals surface area contributed by atoms with Gasteiger partial charge in [0.05, 0.1) is 17.0 Å². The minimum absolute atomic E-state index is 0.152. The quantitative estimate of drug-likeness (QED) is 0.589. The Hall–Kier alpha value is -0.580. The Morgan fingerprint density at radius 2 is 1.95 bits per heavy atom. The van der Waals surface area contributed by atoms with E-state index in [2.05, 4.69) is 31.9 Å². The minimum Gasteiger partial charge on any atom is -0.495 e. The zero-order valence-corrected chi connectivity index (χ0v) is 13.9. The first-order valence-electron chi connectivity index (χ1n) is 5.45. The van der Waals surface area contributed by atoms with Crippen molar-refractivity contribution in [3.63, 3.8) is 0 Å². The standard InChI is InChI=1S/C14H10Br2ClFO/c1-19-13-5-2-8(6-12(13)17)14(16)10-7-9(18)3-4-11(10)15/h2-7,14H,1H3. The van der Waals surface area contributed by atoms with Crippen LogP contribution in [0, 0.1) is 5.82 Å². The van der Waals surface area contributed by atoms with Gasteiger partial charge in [0.25, 0.3) is 0 Å². The molecule has 0 aliphatic heterocycles. The Morgan fingerprint density at radius 3 is 2.58 bits per heavy atom. The molecule has 0 amide bonds. The Morgan fingerprint density at radius 1 is 1.21 bits per heavy atom. The van der Waals surface area contributed by atoms with Crippen molar-refractivity contribution < 1.29 is 9.13 Å². The van der Waals surface area contributed by atoms with E-state index in [-0.39, 0.29) is 10.6 Å².